The van der Waals surface area contributed by atoms with Crippen LogP contribution in [0, 0.1) is 6.92 Å². The number of carboxylic acid groups (broad SMARTS) is 1. The number of thiazole rings is 1. The number of likely N-dealkylation sites (N-methyl/N-ethyl adjacent to an activating group) is 1. The molecule has 122 valence electrons. The van der Waals surface area contributed by atoms with Crippen molar-refractivity contribution in [1.29, 1.82) is 0 Å². The van der Waals surface area contributed by atoms with Crippen LogP contribution in [0.5, 0.6) is 0 Å². The average molecular weight is 350 g/mol. The van der Waals surface area contributed by atoms with Crippen LogP contribution >= 0.6 is 23.1 Å². The van der Waals surface area contributed by atoms with Crippen LogP contribution in [0.3, 0.4) is 0 Å². The number of hydrogen-bond acceptors (Lipinski definition) is 5. The van der Waals surface area contributed by atoms with Gasteiger partial charge in [0.25, 0.3) is 5.91 Å². The molecular formula is C16H18N2O3S2. The van der Waals surface area contributed by atoms with Gasteiger partial charge in [-0.3, -0.25) is 4.79 Å². The Morgan fingerprint density at radius 1 is 1.39 bits per heavy atom. The number of thioether (sulfide) groups is 1. The fourth-order valence-electron chi connectivity index (χ4n) is 1.93. The minimum absolute atomic E-state index is 0.294. The van der Waals surface area contributed by atoms with Gasteiger partial charge in [0.1, 0.15) is 6.04 Å². The van der Waals surface area contributed by atoms with Crippen LogP contribution in [0.4, 0.5) is 0 Å². The summed E-state index contributed by atoms with van der Waals surface area (Å²) in [6.07, 6.45) is 0. The standard InChI is InChI=1S/C16H18N2O3S2/c1-10(16(20)21)18(3)15(19)13-6-4-5-7-14(13)23-9-12-8-22-11(2)17-12/h4-8,10H,9H2,1-3H3,(H,20,21). The zero-order valence-corrected chi connectivity index (χ0v) is 14.8. The van der Waals surface area contributed by atoms with Gasteiger partial charge in [-0.1, -0.05) is 12.1 Å². The van der Waals surface area contributed by atoms with Gasteiger partial charge >= 0.3 is 5.97 Å². The van der Waals surface area contributed by atoms with Crippen molar-refractivity contribution in [2.45, 2.75) is 30.5 Å². The van der Waals surface area contributed by atoms with E-state index in [1.54, 1.807) is 23.5 Å². The molecule has 0 fully saturated rings. The highest BCUT2D eigenvalue weighted by Crippen LogP contribution is 2.27. The van der Waals surface area contributed by atoms with Gasteiger partial charge in [0.15, 0.2) is 0 Å². The largest absolute Gasteiger partial charge is 0.480 e. The second-order valence-electron chi connectivity index (χ2n) is 5.07. The molecule has 0 radical (unpaired) electrons. The van der Waals surface area contributed by atoms with Crippen molar-refractivity contribution in [3.8, 4) is 0 Å². The van der Waals surface area contributed by atoms with Crippen LogP contribution in [0.1, 0.15) is 28.0 Å². The maximum atomic E-state index is 12.6. The first-order chi connectivity index (χ1) is 10.9. The van der Waals surface area contributed by atoms with Crippen molar-refractivity contribution < 1.29 is 14.7 Å². The van der Waals surface area contributed by atoms with Gasteiger partial charge in [-0.2, -0.15) is 0 Å². The summed E-state index contributed by atoms with van der Waals surface area (Å²) in [5, 5.41) is 12.1. The van der Waals surface area contributed by atoms with Crippen LogP contribution in [0.25, 0.3) is 0 Å². The second-order valence-corrected chi connectivity index (χ2v) is 7.15. The Hall–Kier alpha value is -1.86. The van der Waals surface area contributed by atoms with E-state index in [0.29, 0.717) is 11.3 Å². The Bertz CT molecular complexity index is 715. The molecule has 1 aromatic heterocycles. The molecule has 23 heavy (non-hydrogen) atoms. The molecule has 1 atom stereocenters. The number of carbonyl (C=O) groups is 2. The predicted molar refractivity (Wildman–Crippen MR) is 92.0 cm³/mol. The lowest BCUT2D eigenvalue weighted by Crippen LogP contribution is -2.40. The van der Waals surface area contributed by atoms with Gasteiger partial charge in [0.05, 0.1) is 16.3 Å². The summed E-state index contributed by atoms with van der Waals surface area (Å²) in [4.78, 5) is 30.1. The molecule has 0 saturated heterocycles. The topological polar surface area (TPSA) is 70.5 Å². The smallest absolute Gasteiger partial charge is 0.326 e. The third-order valence-corrected chi connectivity index (χ3v) is 5.35. The number of carbonyl (C=O) groups excluding carboxylic acids is 1. The van der Waals surface area contributed by atoms with E-state index >= 15 is 0 Å². The molecule has 7 heteroatoms. The Kier molecular flexibility index (Phi) is 5.79. The Morgan fingerprint density at radius 2 is 2.09 bits per heavy atom. The summed E-state index contributed by atoms with van der Waals surface area (Å²) < 4.78 is 0. The molecule has 2 rings (SSSR count). The van der Waals surface area contributed by atoms with Crippen LogP contribution in [-0.4, -0.2) is 40.0 Å². The third-order valence-electron chi connectivity index (χ3n) is 3.42. The molecular weight excluding hydrogens is 332 g/mol. The number of amides is 1. The Labute approximate surface area is 143 Å². The Balaban J connectivity index is 2.16. The van der Waals surface area contributed by atoms with E-state index in [1.165, 1.54) is 30.6 Å². The molecule has 0 saturated carbocycles. The van der Waals surface area contributed by atoms with Crippen molar-refractivity contribution in [2.24, 2.45) is 0 Å². The van der Waals surface area contributed by atoms with Gasteiger partial charge in [-0.25, -0.2) is 9.78 Å². The molecule has 0 spiro atoms. The summed E-state index contributed by atoms with van der Waals surface area (Å²) in [5.74, 6) is -0.645. The lowest BCUT2D eigenvalue weighted by Gasteiger charge is -2.22. The van der Waals surface area contributed by atoms with E-state index in [0.717, 1.165) is 15.6 Å². The fourth-order valence-corrected chi connectivity index (χ4v) is 3.58. The van der Waals surface area contributed by atoms with Crippen molar-refractivity contribution in [3.63, 3.8) is 0 Å². The van der Waals surface area contributed by atoms with Crippen molar-refractivity contribution in [3.05, 3.63) is 45.9 Å². The molecule has 0 aliphatic heterocycles. The van der Waals surface area contributed by atoms with Gasteiger partial charge < -0.3 is 10.0 Å². The number of aromatic nitrogens is 1. The average Bonchev–Trinajstić information content (AvgIpc) is 2.96. The number of rotatable bonds is 6. The molecule has 5 nitrogen and oxygen atoms in total. The van der Waals surface area contributed by atoms with Gasteiger partial charge in [0.2, 0.25) is 0 Å². The number of benzene rings is 1. The number of carboxylic acids is 1. The summed E-state index contributed by atoms with van der Waals surface area (Å²) in [7, 11) is 1.51. The zero-order chi connectivity index (χ0) is 17.0. The molecule has 1 unspecified atom stereocenters. The highest BCUT2D eigenvalue weighted by atomic mass is 32.2. The SMILES string of the molecule is Cc1nc(CSc2ccccc2C(=O)N(C)C(C)C(=O)O)cs1. The summed E-state index contributed by atoms with van der Waals surface area (Å²) >= 11 is 3.13. The molecule has 1 aromatic carbocycles. The summed E-state index contributed by atoms with van der Waals surface area (Å²) in [6, 6.07) is 6.37. The van der Waals surface area contributed by atoms with E-state index in [9.17, 15) is 9.59 Å². The normalized spacial score (nSPS) is 12.0. The highest BCUT2D eigenvalue weighted by molar-refractivity contribution is 7.98. The molecule has 1 N–H and O–H groups in total. The summed E-state index contributed by atoms with van der Waals surface area (Å²) in [5.41, 5.74) is 1.49. The molecule has 1 amide bonds. The molecule has 1 heterocycles. The van der Waals surface area contributed by atoms with Crippen molar-refractivity contribution >= 4 is 35.0 Å². The van der Waals surface area contributed by atoms with Crippen LogP contribution in [0.15, 0.2) is 34.5 Å². The number of aryl methyl sites for hydroxylation is 1. The highest BCUT2D eigenvalue weighted by Gasteiger charge is 2.24. The van der Waals surface area contributed by atoms with Gasteiger partial charge in [-0.15, -0.1) is 23.1 Å². The summed E-state index contributed by atoms with van der Waals surface area (Å²) in [6.45, 7) is 3.45. The molecule has 0 aliphatic carbocycles. The van der Waals surface area contributed by atoms with E-state index in [4.69, 9.17) is 5.11 Å². The van der Waals surface area contributed by atoms with Gasteiger partial charge in [0, 0.05) is 23.1 Å². The Morgan fingerprint density at radius 3 is 2.70 bits per heavy atom. The van der Waals surface area contributed by atoms with Crippen molar-refractivity contribution in [2.75, 3.05) is 7.05 Å². The molecule has 2 aromatic rings. The first kappa shape index (κ1) is 17.5. The lowest BCUT2D eigenvalue weighted by molar-refractivity contribution is -0.141. The minimum Gasteiger partial charge on any atom is -0.480 e. The van der Waals surface area contributed by atoms with Crippen molar-refractivity contribution in [1.82, 2.24) is 9.88 Å². The quantitative estimate of drug-likeness (QED) is 0.810. The number of nitrogens with zero attached hydrogens (tertiary/aromatic N) is 2. The fraction of sp³-hybridized carbons (Fsp3) is 0.312. The minimum atomic E-state index is -1.02. The van der Waals surface area contributed by atoms with Crippen LogP contribution in [-0.2, 0) is 10.5 Å². The lowest BCUT2D eigenvalue weighted by atomic mass is 10.2. The van der Waals surface area contributed by atoms with Crippen LogP contribution < -0.4 is 0 Å². The predicted octanol–water partition coefficient (Wildman–Crippen LogP) is 3.29. The monoisotopic (exact) mass is 350 g/mol. The first-order valence-electron chi connectivity index (χ1n) is 7.03. The van der Waals surface area contributed by atoms with E-state index in [2.05, 4.69) is 4.98 Å². The molecule has 0 aliphatic rings. The zero-order valence-electron chi connectivity index (χ0n) is 13.1. The van der Waals surface area contributed by atoms with Gasteiger partial charge in [-0.05, 0) is 26.0 Å². The number of aliphatic carboxylic acids is 1. The molecule has 0 bridgehead atoms. The van der Waals surface area contributed by atoms with E-state index in [1.807, 2.05) is 24.4 Å². The maximum absolute atomic E-state index is 12.6. The number of hydrogen-bond donors (Lipinski definition) is 1. The van der Waals surface area contributed by atoms with E-state index < -0.39 is 12.0 Å². The first-order valence-corrected chi connectivity index (χ1v) is 8.89. The third kappa shape index (κ3) is 4.33. The van der Waals surface area contributed by atoms with Crippen LogP contribution in [0.2, 0.25) is 0 Å². The maximum Gasteiger partial charge on any atom is 0.326 e. The van der Waals surface area contributed by atoms with E-state index in [-0.39, 0.29) is 5.91 Å². The second kappa shape index (κ2) is 7.61.